The second kappa shape index (κ2) is 6.07. The summed E-state index contributed by atoms with van der Waals surface area (Å²) in [5, 5.41) is 11.4. The lowest BCUT2D eigenvalue weighted by Gasteiger charge is -2.34. The van der Waals surface area contributed by atoms with E-state index >= 15 is 0 Å². The smallest absolute Gasteiger partial charge is 0.249 e. The minimum atomic E-state index is -0.271. The number of amides is 1. The summed E-state index contributed by atoms with van der Waals surface area (Å²) in [5.41, 5.74) is 0.924. The molecule has 0 radical (unpaired) electrons. The number of piperidine rings is 1. The monoisotopic (exact) mass is 316 g/mol. The topological polar surface area (TPSA) is 67.4 Å². The maximum atomic E-state index is 12.2. The Labute approximate surface area is 136 Å². The van der Waals surface area contributed by atoms with E-state index in [9.17, 15) is 4.79 Å². The van der Waals surface area contributed by atoms with Crippen molar-refractivity contribution in [1.29, 1.82) is 0 Å². The zero-order chi connectivity index (χ0) is 15.8. The van der Waals surface area contributed by atoms with Gasteiger partial charge in [0.15, 0.2) is 5.82 Å². The van der Waals surface area contributed by atoms with Gasteiger partial charge < -0.3 is 15.0 Å². The summed E-state index contributed by atoms with van der Waals surface area (Å²) in [4.78, 5) is 14.5. The van der Waals surface area contributed by atoms with Crippen LogP contribution in [0.25, 0.3) is 0 Å². The van der Waals surface area contributed by atoms with E-state index in [2.05, 4.69) is 20.4 Å². The predicted molar refractivity (Wildman–Crippen MR) is 86.1 cm³/mol. The number of fused-ring (bicyclic) bond motifs is 1. The van der Waals surface area contributed by atoms with Crippen LogP contribution in [0.2, 0.25) is 0 Å². The first-order valence-corrected chi connectivity index (χ1v) is 8.67. The van der Waals surface area contributed by atoms with Crippen LogP contribution in [0.1, 0.15) is 31.4 Å². The summed E-state index contributed by atoms with van der Waals surface area (Å²) >= 11 is 0. The minimum absolute atomic E-state index is 0.0768. The summed E-state index contributed by atoms with van der Waals surface area (Å²) in [6, 6.07) is 4.00. The van der Waals surface area contributed by atoms with Crippen LogP contribution in [0.4, 0.5) is 5.82 Å². The van der Waals surface area contributed by atoms with Gasteiger partial charge in [-0.2, -0.15) is 5.10 Å². The molecule has 0 spiro atoms. The zero-order valence-corrected chi connectivity index (χ0v) is 13.6. The van der Waals surface area contributed by atoms with Gasteiger partial charge >= 0.3 is 0 Å². The van der Waals surface area contributed by atoms with Crippen molar-refractivity contribution >= 4 is 11.7 Å². The van der Waals surface area contributed by atoms with Crippen LogP contribution in [0, 0.1) is 18.8 Å². The fourth-order valence-corrected chi connectivity index (χ4v) is 3.55. The molecule has 23 heavy (non-hydrogen) atoms. The van der Waals surface area contributed by atoms with Crippen molar-refractivity contribution < 1.29 is 9.53 Å². The molecular weight excluding hydrogens is 292 g/mol. The van der Waals surface area contributed by atoms with Gasteiger partial charge in [-0.15, -0.1) is 5.10 Å². The first kappa shape index (κ1) is 14.9. The summed E-state index contributed by atoms with van der Waals surface area (Å²) in [7, 11) is 0. The molecule has 1 aliphatic carbocycles. The van der Waals surface area contributed by atoms with Crippen LogP contribution < -0.4 is 10.2 Å². The van der Waals surface area contributed by atoms with Gasteiger partial charge in [-0.05, 0) is 56.6 Å². The van der Waals surface area contributed by atoms with Crippen LogP contribution >= 0.6 is 0 Å². The van der Waals surface area contributed by atoms with Crippen LogP contribution in [0.15, 0.2) is 12.1 Å². The van der Waals surface area contributed by atoms with Crippen LogP contribution in [0.5, 0.6) is 0 Å². The number of hydrogen-bond acceptors (Lipinski definition) is 5. The molecule has 2 saturated heterocycles. The van der Waals surface area contributed by atoms with Crippen molar-refractivity contribution in [2.45, 2.75) is 44.8 Å². The second-order valence-corrected chi connectivity index (χ2v) is 7.12. The van der Waals surface area contributed by atoms with Gasteiger partial charge in [0.2, 0.25) is 5.91 Å². The quantitative estimate of drug-likeness (QED) is 0.907. The Morgan fingerprint density at radius 3 is 2.96 bits per heavy atom. The number of aromatic nitrogens is 2. The van der Waals surface area contributed by atoms with Gasteiger partial charge in [-0.3, -0.25) is 4.79 Å². The third kappa shape index (κ3) is 3.32. The Balaban J connectivity index is 1.34. The summed E-state index contributed by atoms with van der Waals surface area (Å²) < 4.78 is 6.05. The second-order valence-electron chi connectivity index (χ2n) is 7.12. The van der Waals surface area contributed by atoms with Crippen molar-refractivity contribution in [3.05, 3.63) is 17.8 Å². The maximum absolute atomic E-state index is 12.2. The highest BCUT2D eigenvalue weighted by Crippen LogP contribution is 2.34. The van der Waals surface area contributed by atoms with Crippen LogP contribution in [-0.4, -0.2) is 47.9 Å². The average molecular weight is 316 g/mol. The molecule has 1 saturated carbocycles. The molecule has 3 aliphatic rings. The number of nitrogens with zero attached hydrogens (tertiary/aromatic N) is 3. The Morgan fingerprint density at radius 1 is 1.35 bits per heavy atom. The molecule has 3 heterocycles. The van der Waals surface area contributed by atoms with Crippen LogP contribution in [0.3, 0.4) is 0 Å². The molecule has 2 aliphatic heterocycles. The number of nitrogens with one attached hydrogen (secondary N) is 1. The Bertz CT molecular complexity index is 572. The highest BCUT2D eigenvalue weighted by molar-refractivity contribution is 5.81. The lowest BCUT2D eigenvalue weighted by molar-refractivity contribution is -0.132. The van der Waals surface area contributed by atoms with E-state index in [0.717, 1.165) is 44.0 Å². The zero-order valence-electron chi connectivity index (χ0n) is 13.6. The number of carbonyl (C=O) groups is 1. The van der Waals surface area contributed by atoms with Crippen molar-refractivity contribution in [3.63, 3.8) is 0 Å². The lowest BCUT2D eigenvalue weighted by Crippen LogP contribution is -2.43. The first-order valence-electron chi connectivity index (χ1n) is 8.67. The average Bonchev–Trinajstić information content (AvgIpc) is 3.29. The normalized spacial score (nSPS) is 30.1. The summed E-state index contributed by atoms with van der Waals surface area (Å²) in [6.45, 7) is 4.51. The van der Waals surface area contributed by atoms with Crippen molar-refractivity contribution in [2.75, 3.05) is 24.5 Å². The number of carbonyl (C=O) groups excluding carboxylic acids is 1. The molecule has 1 aromatic rings. The van der Waals surface area contributed by atoms with Gasteiger partial charge in [-0.1, -0.05) is 0 Å². The predicted octanol–water partition coefficient (Wildman–Crippen LogP) is 1.30. The van der Waals surface area contributed by atoms with Crippen molar-refractivity contribution in [1.82, 2.24) is 15.5 Å². The fourth-order valence-electron chi connectivity index (χ4n) is 3.55. The molecule has 3 fully saturated rings. The molecule has 1 N–H and O–H groups in total. The molecule has 0 aromatic carbocycles. The van der Waals surface area contributed by atoms with Gasteiger partial charge in [0, 0.05) is 19.6 Å². The molecule has 6 nitrogen and oxygen atoms in total. The highest BCUT2D eigenvalue weighted by atomic mass is 16.5. The lowest BCUT2D eigenvalue weighted by atomic mass is 9.91. The van der Waals surface area contributed by atoms with Gasteiger partial charge in [0.1, 0.15) is 6.10 Å². The third-order valence-corrected chi connectivity index (χ3v) is 5.21. The van der Waals surface area contributed by atoms with Crippen molar-refractivity contribution in [3.8, 4) is 0 Å². The van der Waals surface area contributed by atoms with Crippen molar-refractivity contribution in [2.24, 2.45) is 11.8 Å². The van der Waals surface area contributed by atoms with E-state index < -0.39 is 0 Å². The van der Waals surface area contributed by atoms with E-state index in [1.54, 1.807) is 0 Å². The fraction of sp³-hybridized carbons (Fsp3) is 0.706. The van der Waals surface area contributed by atoms with Crippen LogP contribution in [-0.2, 0) is 9.53 Å². The van der Waals surface area contributed by atoms with E-state index in [-0.39, 0.29) is 18.1 Å². The van der Waals surface area contributed by atoms with E-state index in [0.29, 0.717) is 11.8 Å². The molecule has 1 aromatic heterocycles. The maximum Gasteiger partial charge on any atom is 0.249 e. The molecule has 4 rings (SSSR count). The summed E-state index contributed by atoms with van der Waals surface area (Å²) in [6.07, 6.45) is 4.27. The SMILES string of the molecule is Cc1ccc(N2CC[C@@H]3C[C@H](C(=O)NCC4CC4)O[C@@H]3C2)nn1. The first-order chi connectivity index (χ1) is 11.2. The van der Waals surface area contributed by atoms with Gasteiger partial charge in [0.25, 0.3) is 0 Å². The van der Waals surface area contributed by atoms with Gasteiger partial charge in [-0.25, -0.2) is 0 Å². The third-order valence-electron chi connectivity index (χ3n) is 5.21. The molecule has 6 heteroatoms. The number of anilines is 1. The number of aryl methyl sites for hydroxylation is 1. The van der Waals surface area contributed by atoms with Gasteiger partial charge in [0.05, 0.1) is 11.8 Å². The number of ether oxygens (including phenoxy) is 1. The van der Waals surface area contributed by atoms with E-state index in [1.165, 1.54) is 12.8 Å². The molecule has 124 valence electrons. The Kier molecular flexibility index (Phi) is 3.93. The largest absolute Gasteiger partial charge is 0.363 e. The summed E-state index contributed by atoms with van der Waals surface area (Å²) in [5.74, 6) is 2.17. The molecular formula is C17H24N4O2. The van der Waals surface area contributed by atoms with E-state index in [1.807, 2.05) is 19.1 Å². The number of hydrogen-bond donors (Lipinski definition) is 1. The molecule has 0 bridgehead atoms. The number of rotatable bonds is 4. The Morgan fingerprint density at radius 2 is 2.22 bits per heavy atom. The molecule has 1 amide bonds. The highest BCUT2D eigenvalue weighted by Gasteiger charge is 2.42. The molecule has 3 atom stereocenters. The minimum Gasteiger partial charge on any atom is -0.363 e. The standard InChI is InChI=1S/C17H24N4O2/c1-11-2-5-16(20-19-11)21-7-6-13-8-14(23-15(13)10-21)17(22)18-9-12-3-4-12/h2,5,12-15H,3-4,6-10H2,1H3,(H,18,22)/t13-,14-,15-/m1/s1. The molecule has 0 unspecified atom stereocenters. The Hall–Kier alpha value is -1.69. The van der Waals surface area contributed by atoms with E-state index in [4.69, 9.17) is 4.74 Å².